The number of nitrogens with zero attached hydrogens (tertiary/aromatic N) is 2. The molecule has 0 aliphatic carbocycles. The number of aromatic carboxylic acids is 1. The van der Waals surface area contributed by atoms with Crippen LogP contribution in [0.15, 0.2) is 10.6 Å². The van der Waals surface area contributed by atoms with Crippen LogP contribution < -0.4 is 0 Å². The average molecular weight is 266 g/mol. The second kappa shape index (κ2) is 5.03. The quantitative estimate of drug-likeness (QED) is 0.904. The third kappa shape index (κ3) is 2.77. The predicted octanol–water partition coefficient (Wildman–Crippen LogP) is 2.03. The number of rotatable bonds is 3. The molecule has 0 bridgehead atoms. The van der Waals surface area contributed by atoms with Crippen LogP contribution in [0.3, 0.4) is 0 Å². The lowest BCUT2D eigenvalue weighted by molar-refractivity contribution is 0.0585. The van der Waals surface area contributed by atoms with Gasteiger partial charge in [-0.1, -0.05) is 25.4 Å². The van der Waals surface area contributed by atoms with Crippen LogP contribution in [0.25, 0.3) is 0 Å². The van der Waals surface area contributed by atoms with Gasteiger partial charge in [-0.2, -0.15) is 0 Å². The first-order valence-electron chi connectivity index (χ1n) is 6.44. The van der Waals surface area contributed by atoms with E-state index in [1.807, 2.05) is 0 Å². The molecule has 1 fully saturated rings. The van der Waals surface area contributed by atoms with Crippen LogP contribution >= 0.6 is 0 Å². The monoisotopic (exact) mass is 266 g/mol. The number of aromatic nitrogens is 1. The van der Waals surface area contributed by atoms with Crippen molar-refractivity contribution in [2.24, 2.45) is 5.41 Å². The largest absolute Gasteiger partial charge is 0.475 e. The molecule has 1 aromatic rings. The second-order valence-electron chi connectivity index (χ2n) is 5.34. The van der Waals surface area contributed by atoms with Gasteiger partial charge in [0.05, 0.1) is 0 Å². The molecule has 0 aromatic carbocycles. The normalized spacial score (nSPS) is 18.3. The van der Waals surface area contributed by atoms with E-state index in [2.05, 4.69) is 23.5 Å². The maximum atomic E-state index is 12.1. The molecule has 104 valence electrons. The minimum absolute atomic E-state index is 0.0671. The van der Waals surface area contributed by atoms with E-state index >= 15 is 0 Å². The number of amides is 1. The van der Waals surface area contributed by atoms with Crippen molar-refractivity contribution in [1.29, 1.82) is 0 Å². The first-order valence-corrected chi connectivity index (χ1v) is 6.44. The molecule has 1 aromatic heterocycles. The van der Waals surface area contributed by atoms with Crippen molar-refractivity contribution in [2.75, 3.05) is 13.1 Å². The first kappa shape index (κ1) is 13.6. The zero-order valence-corrected chi connectivity index (χ0v) is 11.2. The Kier molecular flexibility index (Phi) is 3.59. The summed E-state index contributed by atoms with van der Waals surface area (Å²) in [6.45, 7) is 5.75. The summed E-state index contributed by atoms with van der Waals surface area (Å²) >= 11 is 0. The van der Waals surface area contributed by atoms with E-state index in [9.17, 15) is 9.59 Å². The summed E-state index contributed by atoms with van der Waals surface area (Å²) in [4.78, 5) is 24.5. The molecule has 2 heterocycles. The van der Waals surface area contributed by atoms with Crippen LogP contribution in [0.4, 0.5) is 0 Å². The zero-order valence-electron chi connectivity index (χ0n) is 11.2. The van der Waals surface area contributed by atoms with Crippen molar-refractivity contribution in [3.05, 3.63) is 17.5 Å². The number of hydrogen-bond donors (Lipinski definition) is 1. The highest BCUT2D eigenvalue weighted by Gasteiger charge is 2.31. The number of hydrogen-bond acceptors (Lipinski definition) is 4. The van der Waals surface area contributed by atoms with E-state index < -0.39 is 5.97 Å². The highest BCUT2D eigenvalue weighted by atomic mass is 16.5. The van der Waals surface area contributed by atoms with E-state index in [1.54, 1.807) is 4.90 Å². The summed E-state index contributed by atoms with van der Waals surface area (Å²) < 4.78 is 4.60. The minimum Gasteiger partial charge on any atom is -0.475 e. The summed E-state index contributed by atoms with van der Waals surface area (Å²) in [5.41, 5.74) is 0.366. The Hall–Kier alpha value is -1.85. The number of carbonyl (C=O) groups is 2. The van der Waals surface area contributed by atoms with Gasteiger partial charge in [-0.25, -0.2) is 4.79 Å². The van der Waals surface area contributed by atoms with Gasteiger partial charge in [-0.3, -0.25) is 4.79 Å². The number of carbonyl (C=O) groups excluding carboxylic acids is 1. The minimum atomic E-state index is -1.22. The van der Waals surface area contributed by atoms with Gasteiger partial charge in [0, 0.05) is 19.2 Å². The number of piperidine rings is 1. The lowest BCUT2D eigenvalue weighted by Crippen LogP contribution is -2.42. The smallest absolute Gasteiger partial charge is 0.374 e. The standard InChI is InChI=1S/C13H18N2O4/c1-3-13(2)4-6-15(7-5-13)11(16)9-8-10(12(17)18)19-14-9/h8H,3-7H2,1-2H3,(H,17,18). The van der Waals surface area contributed by atoms with E-state index in [4.69, 9.17) is 5.11 Å². The molecule has 1 aliphatic rings. The van der Waals surface area contributed by atoms with Gasteiger partial charge < -0.3 is 14.5 Å². The van der Waals surface area contributed by atoms with Gasteiger partial charge in [0.15, 0.2) is 5.69 Å². The van der Waals surface area contributed by atoms with Crippen LogP contribution in [0.5, 0.6) is 0 Å². The average Bonchev–Trinajstić information content (AvgIpc) is 2.88. The maximum Gasteiger partial charge on any atom is 0.374 e. The summed E-state index contributed by atoms with van der Waals surface area (Å²) in [5, 5.41) is 12.3. The highest BCUT2D eigenvalue weighted by molar-refractivity contribution is 5.94. The van der Waals surface area contributed by atoms with Crippen molar-refractivity contribution < 1.29 is 19.2 Å². The van der Waals surface area contributed by atoms with E-state index in [1.165, 1.54) is 6.07 Å². The fraction of sp³-hybridized carbons (Fsp3) is 0.615. The second-order valence-corrected chi connectivity index (χ2v) is 5.34. The molecule has 0 unspecified atom stereocenters. The molecule has 1 aliphatic heterocycles. The number of carboxylic acids is 1. The Bertz CT molecular complexity index is 487. The Labute approximate surface area is 111 Å². The van der Waals surface area contributed by atoms with E-state index in [-0.39, 0.29) is 17.4 Å². The SMILES string of the molecule is CCC1(C)CCN(C(=O)c2cc(C(=O)O)on2)CC1. The van der Waals surface area contributed by atoms with Gasteiger partial charge in [0.2, 0.25) is 5.76 Å². The third-order valence-electron chi connectivity index (χ3n) is 4.05. The highest BCUT2D eigenvalue weighted by Crippen LogP contribution is 2.34. The summed E-state index contributed by atoms with van der Waals surface area (Å²) in [6, 6.07) is 1.18. The lowest BCUT2D eigenvalue weighted by Gasteiger charge is -2.38. The van der Waals surface area contributed by atoms with Crippen LogP contribution in [-0.2, 0) is 0 Å². The van der Waals surface area contributed by atoms with Crippen molar-refractivity contribution in [3.8, 4) is 0 Å². The van der Waals surface area contributed by atoms with Crippen molar-refractivity contribution >= 4 is 11.9 Å². The third-order valence-corrected chi connectivity index (χ3v) is 4.05. The number of likely N-dealkylation sites (tertiary alicyclic amines) is 1. The van der Waals surface area contributed by atoms with Crippen molar-refractivity contribution in [1.82, 2.24) is 10.1 Å². The lowest BCUT2D eigenvalue weighted by atomic mass is 9.78. The van der Waals surface area contributed by atoms with Gasteiger partial charge in [-0.05, 0) is 18.3 Å². The molecular weight excluding hydrogens is 248 g/mol. The number of carboxylic acid groups (broad SMARTS) is 1. The Morgan fingerprint density at radius 3 is 2.58 bits per heavy atom. The van der Waals surface area contributed by atoms with Gasteiger partial charge in [-0.15, -0.1) is 0 Å². The Morgan fingerprint density at radius 1 is 1.47 bits per heavy atom. The molecule has 1 N–H and O–H groups in total. The summed E-state index contributed by atoms with van der Waals surface area (Å²) in [6.07, 6.45) is 3.01. The maximum absolute atomic E-state index is 12.1. The summed E-state index contributed by atoms with van der Waals surface area (Å²) in [7, 11) is 0. The zero-order chi connectivity index (χ0) is 14.0. The molecule has 0 atom stereocenters. The fourth-order valence-electron chi connectivity index (χ4n) is 2.24. The first-order chi connectivity index (χ1) is 8.95. The molecule has 6 nitrogen and oxygen atoms in total. The molecular formula is C13H18N2O4. The van der Waals surface area contributed by atoms with Crippen LogP contribution in [-0.4, -0.2) is 40.1 Å². The van der Waals surface area contributed by atoms with Crippen LogP contribution in [0.2, 0.25) is 0 Å². The Balaban J connectivity index is 2.03. The van der Waals surface area contributed by atoms with Gasteiger partial charge >= 0.3 is 5.97 Å². The Morgan fingerprint density at radius 2 is 2.11 bits per heavy atom. The molecule has 0 saturated carbocycles. The summed E-state index contributed by atoms with van der Waals surface area (Å²) in [5.74, 6) is -1.78. The molecule has 6 heteroatoms. The van der Waals surface area contributed by atoms with Crippen molar-refractivity contribution in [2.45, 2.75) is 33.1 Å². The van der Waals surface area contributed by atoms with Crippen LogP contribution in [0.1, 0.15) is 54.2 Å². The molecule has 2 rings (SSSR count). The molecule has 0 radical (unpaired) electrons. The molecule has 1 saturated heterocycles. The topological polar surface area (TPSA) is 83.6 Å². The molecule has 1 amide bonds. The van der Waals surface area contributed by atoms with Gasteiger partial charge in [0.1, 0.15) is 0 Å². The van der Waals surface area contributed by atoms with Gasteiger partial charge in [0.25, 0.3) is 5.91 Å². The van der Waals surface area contributed by atoms with Crippen LogP contribution in [0, 0.1) is 5.41 Å². The molecule has 0 spiro atoms. The predicted molar refractivity (Wildman–Crippen MR) is 67.0 cm³/mol. The van der Waals surface area contributed by atoms with Crippen molar-refractivity contribution in [3.63, 3.8) is 0 Å². The van der Waals surface area contributed by atoms with E-state index in [0.29, 0.717) is 18.5 Å². The molecule has 19 heavy (non-hydrogen) atoms. The fourth-order valence-corrected chi connectivity index (χ4v) is 2.24. The van der Waals surface area contributed by atoms with E-state index in [0.717, 1.165) is 19.3 Å².